The molecule has 0 aliphatic rings. The number of nitrogens with zero attached hydrogens (tertiary/aromatic N) is 2. The molecule has 0 unspecified atom stereocenters. The number of aliphatic hydroxyl groups excluding tert-OH is 1. The lowest BCUT2D eigenvalue weighted by Gasteiger charge is -2.29. The highest BCUT2D eigenvalue weighted by Gasteiger charge is 2.26. The Balaban J connectivity index is 2.11. The third-order valence-electron chi connectivity index (χ3n) is 4.45. The predicted molar refractivity (Wildman–Crippen MR) is 83.1 cm³/mol. The second-order valence-corrected chi connectivity index (χ2v) is 5.61. The number of aryl methyl sites for hydroxylation is 1. The van der Waals surface area contributed by atoms with Gasteiger partial charge in [-0.2, -0.15) is 0 Å². The summed E-state index contributed by atoms with van der Waals surface area (Å²) in [5.74, 6) is -0.123. The van der Waals surface area contributed by atoms with E-state index in [1.165, 1.54) is 0 Å². The van der Waals surface area contributed by atoms with Crippen molar-refractivity contribution in [1.29, 1.82) is 0 Å². The van der Waals surface area contributed by atoms with Crippen molar-refractivity contribution in [2.24, 2.45) is 12.5 Å². The van der Waals surface area contributed by atoms with Crippen LogP contribution in [0.15, 0.2) is 24.5 Å². The standard InChI is InChI=1S/C16H23N3O2/c1-4-16(5-2,10-20)9-17-15(21)12-6-7-14-13(8-12)18-11-19(14)3/h6-8,11,20H,4-5,9-10H2,1-3H3,(H,17,21). The maximum absolute atomic E-state index is 12.3. The Labute approximate surface area is 125 Å². The van der Waals surface area contributed by atoms with E-state index in [1.807, 2.05) is 31.5 Å². The molecule has 2 N–H and O–H groups in total. The molecule has 1 aromatic heterocycles. The predicted octanol–water partition coefficient (Wildman–Crippen LogP) is 2.10. The van der Waals surface area contributed by atoms with Crippen LogP contribution in [0.5, 0.6) is 0 Å². The molecule has 0 fully saturated rings. The van der Waals surface area contributed by atoms with Gasteiger partial charge >= 0.3 is 0 Å². The van der Waals surface area contributed by atoms with Gasteiger partial charge in [-0.05, 0) is 31.0 Å². The van der Waals surface area contributed by atoms with Crippen LogP contribution in [0, 0.1) is 5.41 Å². The fourth-order valence-electron chi connectivity index (χ4n) is 2.43. The zero-order valence-corrected chi connectivity index (χ0v) is 12.9. The van der Waals surface area contributed by atoms with Gasteiger partial charge in [0, 0.05) is 24.6 Å². The van der Waals surface area contributed by atoms with E-state index >= 15 is 0 Å². The first-order valence-electron chi connectivity index (χ1n) is 7.35. The lowest BCUT2D eigenvalue weighted by molar-refractivity contribution is 0.0851. The van der Waals surface area contributed by atoms with Crippen LogP contribution in [-0.4, -0.2) is 33.7 Å². The average Bonchev–Trinajstić information content (AvgIpc) is 2.90. The molecular weight excluding hydrogens is 266 g/mol. The lowest BCUT2D eigenvalue weighted by atomic mass is 9.83. The number of hydrogen-bond acceptors (Lipinski definition) is 3. The number of imidazole rings is 1. The van der Waals surface area contributed by atoms with E-state index < -0.39 is 0 Å². The van der Waals surface area contributed by atoms with Crippen molar-refractivity contribution in [2.45, 2.75) is 26.7 Å². The number of nitrogens with one attached hydrogen (secondary N) is 1. The van der Waals surface area contributed by atoms with Crippen molar-refractivity contribution in [3.63, 3.8) is 0 Å². The van der Waals surface area contributed by atoms with E-state index in [0.717, 1.165) is 23.9 Å². The van der Waals surface area contributed by atoms with Gasteiger partial charge in [0.15, 0.2) is 0 Å². The molecule has 0 spiro atoms. The first kappa shape index (κ1) is 15.5. The Morgan fingerprint density at radius 3 is 2.71 bits per heavy atom. The summed E-state index contributed by atoms with van der Waals surface area (Å²) in [4.78, 5) is 16.5. The van der Waals surface area contributed by atoms with E-state index in [0.29, 0.717) is 12.1 Å². The van der Waals surface area contributed by atoms with E-state index in [9.17, 15) is 9.90 Å². The molecule has 0 atom stereocenters. The molecule has 1 amide bonds. The molecule has 0 radical (unpaired) electrons. The number of aromatic nitrogens is 2. The molecule has 0 saturated carbocycles. The summed E-state index contributed by atoms with van der Waals surface area (Å²) in [6.07, 6.45) is 3.40. The number of aliphatic hydroxyl groups is 1. The number of fused-ring (bicyclic) bond motifs is 1. The fourth-order valence-corrected chi connectivity index (χ4v) is 2.43. The quantitative estimate of drug-likeness (QED) is 0.856. The van der Waals surface area contributed by atoms with Crippen LogP contribution < -0.4 is 5.32 Å². The van der Waals surface area contributed by atoms with Crippen LogP contribution in [0.3, 0.4) is 0 Å². The number of amides is 1. The first-order valence-corrected chi connectivity index (χ1v) is 7.35. The number of carbonyl (C=O) groups excluding carboxylic acids is 1. The van der Waals surface area contributed by atoms with Crippen LogP contribution >= 0.6 is 0 Å². The van der Waals surface area contributed by atoms with Gasteiger partial charge in [-0.25, -0.2) is 4.98 Å². The second kappa shape index (κ2) is 6.26. The number of benzene rings is 1. The normalized spacial score (nSPS) is 11.8. The summed E-state index contributed by atoms with van der Waals surface area (Å²) in [7, 11) is 1.92. The van der Waals surface area contributed by atoms with Crippen LogP contribution in [0.1, 0.15) is 37.0 Å². The van der Waals surface area contributed by atoms with E-state index in [-0.39, 0.29) is 17.9 Å². The molecule has 0 bridgehead atoms. The molecule has 2 rings (SSSR count). The van der Waals surface area contributed by atoms with Crippen molar-refractivity contribution in [3.05, 3.63) is 30.1 Å². The van der Waals surface area contributed by atoms with Crippen molar-refractivity contribution in [1.82, 2.24) is 14.9 Å². The highest BCUT2D eigenvalue weighted by Crippen LogP contribution is 2.24. The van der Waals surface area contributed by atoms with Crippen LogP contribution in [0.25, 0.3) is 11.0 Å². The van der Waals surface area contributed by atoms with Crippen molar-refractivity contribution in [2.75, 3.05) is 13.2 Å². The Hall–Kier alpha value is -1.88. The van der Waals surface area contributed by atoms with E-state index in [1.54, 1.807) is 18.5 Å². The van der Waals surface area contributed by atoms with E-state index in [2.05, 4.69) is 10.3 Å². The third kappa shape index (κ3) is 3.08. The monoisotopic (exact) mass is 289 g/mol. The number of rotatable bonds is 6. The summed E-state index contributed by atoms with van der Waals surface area (Å²) in [5, 5.41) is 12.5. The lowest BCUT2D eigenvalue weighted by Crippen LogP contribution is -2.39. The summed E-state index contributed by atoms with van der Waals surface area (Å²) >= 11 is 0. The van der Waals surface area contributed by atoms with Gasteiger partial charge in [-0.1, -0.05) is 13.8 Å². The number of hydrogen-bond donors (Lipinski definition) is 2. The Bertz CT molecular complexity index is 621. The van der Waals surface area contributed by atoms with Crippen molar-refractivity contribution < 1.29 is 9.90 Å². The van der Waals surface area contributed by atoms with Crippen LogP contribution in [-0.2, 0) is 7.05 Å². The minimum Gasteiger partial charge on any atom is -0.396 e. The molecule has 0 aliphatic carbocycles. The summed E-state index contributed by atoms with van der Waals surface area (Å²) in [6.45, 7) is 4.63. The molecule has 21 heavy (non-hydrogen) atoms. The van der Waals surface area contributed by atoms with Gasteiger partial charge in [0.25, 0.3) is 5.91 Å². The zero-order valence-electron chi connectivity index (χ0n) is 12.9. The van der Waals surface area contributed by atoms with Crippen LogP contribution in [0.4, 0.5) is 0 Å². The maximum Gasteiger partial charge on any atom is 0.251 e. The smallest absolute Gasteiger partial charge is 0.251 e. The zero-order chi connectivity index (χ0) is 15.5. The van der Waals surface area contributed by atoms with Gasteiger partial charge in [0.1, 0.15) is 0 Å². The Kier molecular flexibility index (Phi) is 4.63. The first-order chi connectivity index (χ1) is 10.0. The van der Waals surface area contributed by atoms with Gasteiger partial charge in [0.05, 0.1) is 24.0 Å². The van der Waals surface area contributed by atoms with Crippen molar-refractivity contribution >= 4 is 16.9 Å². The SMILES string of the molecule is CCC(CC)(CO)CNC(=O)c1ccc2c(c1)ncn2C. The molecular formula is C16H23N3O2. The Morgan fingerprint density at radius 1 is 1.38 bits per heavy atom. The highest BCUT2D eigenvalue weighted by atomic mass is 16.3. The minimum atomic E-state index is -0.231. The minimum absolute atomic E-state index is 0.0829. The van der Waals surface area contributed by atoms with Gasteiger partial charge in [-0.15, -0.1) is 0 Å². The van der Waals surface area contributed by atoms with Crippen molar-refractivity contribution in [3.8, 4) is 0 Å². The molecule has 5 heteroatoms. The molecule has 5 nitrogen and oxygen atoms in total. The summed E-state index contributed by atoms with van der Waals surface area (Å²) in [6, 6.07) is 5.50. The molecule has 1 heterocycles. The molecule has 2 aromatic rings. The molecule has 0 aliphatic heterocycles. The molecule has 1 aromatic carbocycles. The van der Waals surface area contributed by atoms with Gasteiger partial charge < -0.3 is 15.0 Å². The largest absolute Gasteiger partial charge is 0.396 e. The Morgan fingerprint density at radius 2 is 2.10 bits per heavy atom. The molecule has 114 valence electrons. The fraction of sp³-hybridized carbons (Fsp3) is 0.500. The third-order valence-corrected chi connectivity index (χ3v) is 4.45. The highest BCUT2D eigenvalue weighted by molar-refractivity contribution is 5.97. The summed E-state index contributed by atoms with van der Waals surface area (Å²) < 4.78 is 1.92. The van der Waals surface area contributed by atoms with Crippen LogP contribution in [0.2, 0.25) is 0 Å². The van der Waals surface area contributed by atoms with Gasteiger partial charge in [-0.3, -0.25) is 4.79 Å². The maximum atomic E-state index is 12.3. The van der Waals surface area contributed by atoms with Gasteiger partial charge in [0.2, 0.25) is 0 Å². The second-order valence-electron chi connectivity index (χ2n) is 5.61. The average molecular weight is 289 g/mol. The molecule has 0 saturated heterocycles. The summed E-state index contributed by atoms with van der Waals surface area (Å²) in [5.41, 5.74) is 2.17. The number of carbonyl (C=O) groups is 1. The van der Waals surface area contributed by atoms with E-state index in [4.69, 9.17) is 0 Å². The topological polar surface area (TPSA) is 67.2 Å².